The number of ether oxygens (including phenoxy) is 2. The molecule has 2 unspecified atom stereocenters. The van der Waals surface area contributed by atoms with Gasteiger partial charge in [-0.15, -0.1) is 16.9 Å². The van der Waals surface area contributed by atoms with Gasteiger partial charge >= 0.3 is 11.9 Å². The van der Waals surface area contributed by atoms with Crippen LogP contribution in [0.1, 0.15) is 38.4 Å². The molecule has 1 aromatic rings. The highest BCUT2D eigenvalue weighted by Gasteiger charge is 2.67. The quantitative estimate of drug-likeness (QED) is 0.0678. The van der Waals surface area contributed by atoms with Crippen LogP contribution in [0.15, 0.2) is 34.8 Å². The Balaban J connectivity index is 1.56. The number of aryl methyl sites for hydroxylation is 1. The summed E-state index contributed by atoms with van der Waals surface area (Å²) < 4.78 is 10.1. The molecule has 0 bridgehead atoms. The van der Waals surface area contributed by atoms with E-state index in [1.165, 1.54) is 34.9 Å². The fourth-order valence-electron chi connectivity index (χ4n) is 4.81. The molecule has 0 radical (unpaired) electrons. The normalized spacial score (nSPS) is 22.4. The lowest BCUT2D eigenvalue weighted by Crippen LogP contribution is -2.81. The van der Waals surface area contributed by atoms with E-state index in [-0.39, 0.29) is 41.4 Å². The van der Waals surface area contributed by atoms with E-state index in [1.807, 2.05) is 6.92 Å². The van der Waals surface area contributed by atoms with Crippen LogP contribution in [0.3, 0.4) is 0 Å². The number of nitrogens with one attached hydrogen (secondary N) is 1. The van der Waals surface area contributed by atoms with Crippen LogP contribution in [0.25, 0.3) is 0 Å². The lowest BCUT2D eigenvalue weighted by Gasteiger charge is -2.56. The number of methoxy groups -OCH3 is 1. The molecule has 1 fully saturated rings. The summed E-state index contributed by atoms with van der Waals surface area (Å²) in [7, 11) is 1.18. The number of aromatic nitrogens is 4. The van der Waals surface area contributed by atoms with E-state index in [0.29, 0.717) is 17.8 Å². The smallest absolute Gasteiger partial charge is 0.352 e. The van der Waals surface area contributed by atoms with E-state index in [1.54, 1.807) is 12.2 Å². The first kappa shape index (κ1) is 34.4. The number of halogens is 3. The molecule has 3 N–H and O–H groups in total. The summed E-state index contributed by atoms with van der Waals surface area (Å²) >= 11 is 19.5. The number of unbranched alkanes of at least 4 members (excludes halogenated alkanes) is 1. The second-order valence-electron chi connectivity index (χ2n) is 9.88. The minimum atomic E-state index is -2.02. The number of carboxylic acids is 1. The molecular formula is C25H29Cl3N6O8S2. The number of alkyl halides is 3. The third-order valence-electron chi connectivity index (χ3n) is 6.97. The van der Waals surface area contributed by atoms with Crippen LogP contribution in [-0.2, 0) is 35.1 Å². The van der Waals surface area contributed by atoms with Crippen LogP contribution in [-0.4, -0.2) is 98.6 Å². The zero-order valence-electron chi connectivity index (χ0n) is 23.5. The van der Waals surface area contributed by atoms with Gasteiger partial charge in [0, 0.05) is 31.5 Å². The number of aliphatic hydroxyl groups is 1. The molecule has 44 heavy (non-hydrogen) atoms. The number of hydrogen-bond acceptors (Lipinski definition) is 12. The van der Waals surface area contributed by atoms with Gasteiger partial charge in [0.1, 0.15) is 17.7 Å². The zero-order chi connectivity index (χ0) is 32.2. The van der Waals surface area contributed by atoms with E-state index in [9.17, 15) is 29.4 Å². The summed E-state index contributed by atoms with van der Waals surface area (Å²) in [6.07, 6.45) is 5.91. The molecule has 3 heterocycles. The van der Waals surface area contributed by atoms with Gasteiger partial charge in [-0.1, -0.05) is 60.3 Å². The maximum Gasteiger partial charge on any atom is 0.352 e. The van der Waals surface area contributed by atoms with Crippen LogP contribution >= 0.6 is 58.5 Å². The number of carbonyl (C=O) groups is 4. The third kappa shape index (κ3) is 7.15. The summed E-state index contributed by atoms with van der Waals surface area (Å²) in [5.41, 5.74) is -1.77. The monoisotopic (exact) mass is 710 g/mol. The zero-order valence-corrected chi connectivity index (χ0v) is 27.4. The number of thioether (sulfide) groups is 1. The highest BCUT2D eigenvalue weighted by Crippen LogP contribution is 2.47. The van der Waals surface area contributed by atoms with Crippen LogP contribution in [0.4, 0.5) is 0 Å². The number of carboxylic acid groups (broad SMARTS) is 1. The number of rotatable bonds is 13. The topological polar surface area (TPSA) is 186 Å². The van der Waals surface area contributed by atoms with Crippen LogP contribution in [0, 0.1) is 5.92 Å². The van der Waals surface area contributed by atoms with Gasteiger partial charge in [-0.2, -0.15) is 4.09 Å². The van der Waals surface area contributed by atoms with Crippen molar-refractivity contribution in [2.24, 2.45) is 5.92 Å². The fourth-order valence-corrected chi connectivity index (χ4v) is 7.42. The number of fused-ring (bicyclic) bond motifs is 1. The van der Waals surface area contributed by atoms with Gasteiger partial charge in [0.15, 0.2) is 11.7 Å². The van der Waals surface area contributed by atoms with Gasteiger partial charge in [-0.05, 0) is 46.4 Å². The van der Waals surface area contributed by atoms with Gasteiger partial charge in [-0.3, -0.25) is 19.3 Å². The van der Waals surface area contributed by atoms with Crippen LogP contribution in [0.2, 0.25) is 0 Å². The molecular weight excluding hydrogens is 683 g/mol. The number of esters is 1. The molecule has 1 saturated heterocycles. The Morgan fingerprint density at radius 1 is 1.30 bits per heavy atom. The minimum Gasteiger partial charge on any atom is -0.512 e. The third-order valence-corrected chi connectivity index (χ3v) is 9.68. The Hall–Kier alpha value is -2.50. The number of carbonyl (C=O) groups excluding carboxylic acids is 3. The molecule has 14 nitrogen and oxygen atoms in total. The van der Waals surface area contributed by atoms with E-state index in [4.69, 9.17) is 44.3 Å². The van der Waals surface area contributed by atoms with E-state index >= 15 is 0 Å². The van der Waals surface area contributed by atoms with Gasteiger partial charge in [0.05, 0.1) is 5.76 Å². The second kappa shape index (κ2) is 14.3. The number of hydrogen-bond donors (Lipinski definition) is 3. The molecule has 3 aliphatic rings. The van der Waals surface area contributed by atoms with E-state index in [0.717, 1.165) is 17.7 Å². The average molecular weight is 712 g/mol. The summed E-state index contributed by atoms with van der Waals surface area (Å²) in [4.78, 5) is 53.8. The van der Waals surface area contributed by atoms with Crippen molar-refractivity contribution in [3.8, 4) is 0 Å². The van der Waals surface area contributed by atoms with E-state index < -0.39 is 51.2 Å². The first-order valence-electron chi connectivity index (χ1n) is 13.3. The van der Waals surface area contributed by atoms with Crippen molar-refractivity contribution >= 4 is 82.3 Å². The molecule has 0 saturated carbocycles. The first-order valence-corrected chi connectivity index (χ1v) is 16.4. The predicted molar refractivity (Wildman–Crippen MR) is 163 cm³/mol. The maximum atomic E-state index is 13.7. The lowest BCUT2D eigenvalue weighted by atomic mass is 9.89. The Kier molecular flexibility index (Phi) is 11.2. The number of aliphatic hydroxyl groups excluding tert-OH is 1. The Morgan fingerprint density at radius 3 is 2.66 bits per heavy atom. The second-order valence-corrected chi connectivity index (χ2v) is 14.4. The van der Waals surface area contributed by atoms with E-state index in [2.05, 4.69) is 20.8 Å². The van der Waals surface area contributed by atoms with Crippen molar-refractivity contribution in [1.82, 2.24) is 29.8 Å². The van der Waals surface area contributed by atoms with Crippen molar-refractivity contribution in [3.63, 3.8) is 0 Å². The number of allylic oxidation sites excluding steroid dienone is 2. The highest BCUT2D eigenvalue weighted by molar-refractivity contribution is 8.00. The molecule has 240 valence electrons. The molecule has 4 rings (SSSR count). The Labute approximate surface area is 275 Å². The fraction of sp³-hybridized carbons (Fsp3) is 0.560. The number of aliphatic carboxylic acids is 1. The lowest BCUT2D eigenvalue weighted by molar-refractivity contribution is -0.193. The SMILES string of the molecule is CCCCc1nnnn1SCC1=C(C(=O)O)N2C(=O)C(NC(=O)C(C(=O)OCC(Cl)(Cl)Cl)C3=C(O)CC=CC3)(OC)[C@H]2SC1. The van der Waals surface area contributed by atoms with Gasteiger partial charge in [0.25, 0.3) is 11.6 Å². The minimum absolute atomic E-state index is 0.0387. The molecule has 0 spiro atoms. The highest BCUT2D eigenvalue weighted by atomic mass is 35.6. The molecule has 2 aliphatic heterocycles. The standard InChI is InChI=1S/C25H29Cl3N6O8S2/c1-3-4-9-16-30-31-32-34(16)44-11-13-10-43-23-25(41-2,22(40)33(23)18(13)20(37)38)29-19(36)17(14-7-5-6-8-15(14)35)21(39)42-12-24(26,27)28/h5-6,17,23,35H,3-4,7-12H2,1-2H3,(H,29,36)(H,37,38)/t17?,23-,25?/m1/s1. The van der Waals surface area contributed by atoms with Crippen molar-refractivity contribution in [3.05, 3.63) is 40.6 Å². The molecule has 19 heteroatoms. The van der Waals surface area contributed by atoms with Crippen molar-refractivity contribution < 1.29 is 38.9 Å². The number of β-lactam (4-membered cyclic amide) rings is 1. The summed E-state index contributed by atoms with van der Waals surface area (Å²) in [6, 6.07) is 0. The molecule has 1 aromatic heterocycles. The van der Waals surface area contributed by atoms with Crippen LogP contribution in [0.5, 0.6) is 0 Å². The molecule has 0 aromatic carbocycles. The van der Waals surface area contributed by atoms with Crippen molar-refractivity contribution in [1.29, 1.82) is 0 Å². The summed E-state index contributed by atoms with van der Waals surface area (Å²) in [6.45, 7) is 1.36. The van der Waals surface area contributed by atoms with Crippen LogP contribution < -0.4 is 5.32 Å². The number of tetrazole rings is 1. The Bertz CT molecular complexity index is 1410. The molecule has 2 amide bonds. The average Bonchev–Trinajstić information content (AvgIpc) is 3.43. The first-order chi connectivity index (χ1) is 20.8. The number of amides is 2. The maximum absolute atomic E-state index is 13.7. The van der Waals surface area contributed by atoms with Crippen molar-refractivity contribution in [2.45, 2.75) is 53.9 Å². The van der Waals surface area contributed by atoms with Crippen molar-refractivity contribution in [2.75, 3.05) is 25.2 Å². The predicted octanol–water partition coefficient (Wildman–Crippen LogP) is 2.92. The summed E-state index contributed by atoms with van der Waals surface area (Å²) in [5.74, 6) is -5.26. The number of nitrogens with zero attached hydrogens (tertiary/aromatic N) is 5. The van der Waals surface area contributed by atoms with Gasteiger partial charge < -0.3 is 25.0 Å². The van der Waals surface area contributed by atoms with Gasteiger partial charge in [0.2, 0.25) is 9.70 Å². The molecule has 3 atom stereocenters. The summed E-state index contributed by atoms with van der Waals surface area (Å²) in [5, 5.41) is 33.8. The Morgan fingerprint density at radius 2 is 2.02 bits per heavy atom. The largest absolute Gasteiger partial charge is 0.512 e. The molecule has 1 aliphatic carbocycles. The van der Waals surface area contributed by atoms with Gasteiger partial charge in [-0.25, -0.2) is 4.79 Å².